The van der Waals surface area contributed by atoms with Crippen molar-refractivity contribution in [2.75, 3.05) is 19.6 Å². The number of halogens is 1. The number of nitrogens with one attached hydrogen (secondary N) is 2. The van der Waals surface area contributed by atoms with Gasteiger partial charge in [0.2, 0.25) is 0 Å². The number of hydrogen-bond donors (Lipinski definition) is 2. The Morgan fingerprint density at radius 2 is 1.97 bits per heavy atom. The molecule has 2 N–H and O–H groups in total. The molecule has 0 aliphatic rings. The van der Waals surface area contributed by atoms with Crippen molar-refractivity contribution in [2.24, 2.45) is 4.99 Å². The summed E-state index contributed by atoms with van der Waals surface area (Å²) in [5.74, 6) is 1.82. The largest absolute Gasteiger partial charge is 0.357 e. The Kier molecular flexibility index (Phi) is 9.62. The second-order valence-electron chi connectivity index (χ2n) is 6.36. The van der Waals surface area contributed by atoms with Gasteiger partial charge in [0.25, 0.3) is 0 Å². The van der Waals surface area contributed by atoms with Gasteiger partial charge in [-0.2, -0.15) is 5.10 Å². The summed E-state index contributed by atoms with van der Waals surface area (Å²) in [6.45, 7) is 7.25. The quantitative estimate of drug-likeness (QED) is 0.264. The fraction of sp³-hybridized carbons (Fsp3) is 0.400. The second kappa shape index (κ2) is 12.2. The molecule has 0 unspecified atom stereocenters. The van der Waals surface area contributed by atoms with Gasteiger partial charge >= 0.3 is 0 Å². The Labute approximate surface area is 188 Å². The molecule has 0 aliphatic carbocycles. The predicted octanol–water partition coefficient (Wildman–Crippen LogP) is 2.44. The molecule has 29 heavy (non-hydrogen) atoms. The van der Waals surface area contributed by atoms with Crippen LogP contribution in [0.2, 0.25) is 0 Å². The average molecular weight is 508 g/mol. The van der Waals surface area contributed by atoms with Gasteiger partial charge in [-0.3, -0.25) is 4.99 Å². The van der Waals surface area contributed by atoms with Crippen molar-refractivity contribution >= 4 is 29.9 Å². The summed E-state index contributed by atoms with van der Waals surface area (Å²) in [7, 11) is 0. The van der Waals surface area contributed by atoms with Gasteiger partial charge in [-0.05, 0) is 31.0 Å². The Morgan fingerprint density at radius 1 is 1.14 bits per heavy atom. The molecular formula is C20H29IN8. The van der Waals surface area contributed by atoms with Crippen molar-refractivity contribution < 1.29 is 0 Å². The molecule has 0 radical (unpaired) electrons. The molecule has 0 saturated heterocycles. The Hall–Kier alpha value is -2.43. The van der Waals surface area contributed by atoms with Crippen LogP contribution in [-0.2, 0) is 19.4 Å². The van der Waals surface area contributed by atoms with Gasteiger partial charge in [-0.1, -0.05) is 25.1 Å². The second-order valence-corrected chi connectivity index (χ2v) is 6.36. The number of nitrogens with zero attached hydrogens (tertiary/aromatic N) is 6. The first kappa shape index (κ1) is 22.9. The lowest BCUT2D eigenvalue weighted by Gasteiger charge is -2.12. The van der Waals surface area contributed by atoms with Crippen molar-refractivity contribution in [3.63, 3.8) is 0 Å². The van der Waals surface area contributed by atoms with E-state index >= 15 is 0 Å². The normalized spacial score (nSPS) is 11.2. The topological polar surface area (TPSA) is 85.0 Å². The molecule has 8 nitrogen and oxygen atoms in total. The molecule has 3 aromatic rings. The number of rotatable bonds is 9. The lowest BCUT2D eigenvalue weighted by atomic mass is 10.2. The van der Waals surface area contributed by atoms with E-state index in [4.69, 9.17) is 0 Å². The molecular weight excluding hydrogens is 479 g/mol. The maximum Gasteiger partial charge on any atom is 0.191 e. The summed E-state index contributed by atoms with van der Waals surface area (Å²) in [5.41, 5.74) is 2.23. The number of para-hydroxylation sites is 1. The monoisotopic (exact) mass is 508 g/mol. The predicted molar refractivity (Wildman–Crippen MR) is 126 cm³/mol. The third-order valence-corrected chi connectivity index (χ3v) is 4.33. The van der Waals surface area contributed by atoms with Gasteiger partial charge in [0.15, 0.2) is 5.96 Å². The number of aromatic nitrogens is 5. The van der Waals surface area contributed by atoms with Gasteiger partial charge in [-0.25, -0.2) is 4.68 Å². The van der Waals surface area contributed by atoms with Crippen molar-refractivity contribution in [1.29, 1.82) is 0 Å². The first-order chi connectivity index (χ1) is 13.8. The molecule has 0 fully saturated rings. The van der Waals surface area contributed by atoms with Crippen LogP contribution in [0.25, 0.3) is 5.69 Å². The Balaban J connectivity index is 0.00000300. The number of aliphatic imine (C=N–C) groups is 1. The standard InChI is InChI=1S/C20H28N8.HI/c1-3-19-26-24-16-27(19)13-12-23-20(21-4-2)22-11-10-17-14-25-28(15-17)18-8-6-5-7-9-18;/h5-9,14-16H,3-4,10-13H2,1-2H3,(H2,21,22,23);1H. The van der Waals surface area contributed by atoms with E-state index in [-0.39, 0.29) is 24.0 Å². The fourth-order valence-corrected chi connectivity index (χ4v) is 2.88. The molecule has 0 aliphatic heterocycles. The first-order valence-corrected chi connectivity index (χ1v) is 9.78. The third kappa shape index (κ3) is 6.84. The van der Waals surface area contributed by atoms with E-state index in [1.165, 1.54) is 5.56 Å². The molecule has 3 rings (SSSR count). The minimum absolute atomic E-state index is 0. The van der Waals surface area contributed by atoms with Crippen molar-refractivity contribution in [3.05, 3.63) is 60.4 Å². The van der Waals surface area contributed by atoms with Gasteiger partial charge in [0, 0.05) is 38.8 Å². The molecule has 0 amide bonds. The zero-order chi connectivity index (χ0) is 19.6. The summed E-state index contributed by atoms with van der Waals surface area (Å²) in [6, 6.07) is 10.1. The van der Waals surface area contributed by atoms with Gasteiger partial charge in [-0.15, -0.1) is 34.2 Å². The third-order valence-electron chi connectivity index (χ3n) is 4.33. The molecule has 0 saturated carbocycles. The van der Waals surface area contributed by atoms with Crippen LogP contribution < -0.4 is 10.6 Å². The average Bonchev–Trinajstić information content (AvgIpc) is 3.38. The van der Waals surface area contributed by atoms with Crippen molar-refractivity contribution in [2.45, 2.75) is 33.2 Å². The Bertz CT molecular complexity index is 872. The van der Waals surface area contributed by atoms with Gasteiger partial charge < -0.3 is 15.2 Å². The molecule has 156 valence electrons. The van der Waals surface area contributed by atoms with E-state index in [0.29, 0.717) is 6.54 Å². The van der Waals surface area contributed by atoms with E-state index < -0.39 is 0 Å². The summed E-state index contributed by atoms with van der Waals surface area (Å²) in [6.07, 6.45) is 7.46. The summed E-state index contributed by atoms with van der Waals surface area (Å²) in [4.78, 5) is 4.67. The van der Waals surface area contributed by atoms with E-state index in [1.54, 1.807) is 6.33 Å². The van der Waals surface area contributed by atoms with E-state index in [2.05, 4.69) is 55.5 Å². The highest BCUT2D eigenvalue weighted by molar-refractivity contribution is 14.0. The lowest BCUT2D eigenvalue weighted by molar-refractivity contribution is 0.632. The fourth-order valence-electron chi connectivity index (χ4n) is 2.88. The molecule has 1 aromatic carbocycles. The van der Waals surface area contributed by atoms with E-state index in [0.717, 1.165) is 49.9 Å². The van der Waals surface area contributed by atoms with Crippen LogP contribution in [0.1, 0.15) is 25.2 Å². The van der Waals surface area contributed by atoms with Crippen LogP contribution in [-0.4, -0.2) is 50.1 Å². The maximum absolute atomic E-state index is 4.67. The molecule has 0 atom stereocenters. The summed E-state index contributed by atoms with van der Waals surface area (Å²) >= 11 is 0. The SMILES string of the molecule is CCNC(=NCCc1cnn(-c2ccccc2)c1)NCCn1cnnc1CC.I. The van der Waals surface area contributed by atoms with Crippen LogP contribution in [0.15, 0.2) is 54.0 Å². The molecule has 0 spiro atoms. The maximum atomic E-state index is 4.67. The molecule has 2 aromatic heterocycles. The number of guanidine groups is 1. The van der Waals surface area contributed by atoms with Crippen LogP contribution in [0, 0.1) is 0 Å². The van der Waals surface area contributed by atoms with Crippen LogP contribution in [0.4, 0.5) is 0 Å². The van der Waals surface area contributed by atoms with E-state index in [1.807, 2.05) is 41.2 Å². The van der Waals surface area contributed by atoms with Crippen LogP contribution in [0.5, 0.6) is 0 Å². The van der Waals surface area contributed by atoms with E-state index in [9.17, 15) is 0 Å². The van der Waals surface area contributed by atoms with Crippen LogP contribution in [0.3, 0.4) is 0 Å². The minimum Gasteiger partial charge on any atom is -0.357 e. The number of aryl methyl sites for hydroxylation is 1. The molecule has 0 bridgehead atoms. The van der Waals surface area contributed by atoms with Gasteiger partial charge in [0.05, 0.1) is 11.9 Å². The molecule has 9 heteroatoms. The zero-order valence-electron chi connectivity index (χ0n) is 17.0. The lowest BCUT2D eigenvalue weighted by Crippen LogP contribution is -2.39. The Morgan fingerprint density at radius 3 is 2.72 bits per heavy atom. The van der Waals surface area contributed by atoms with Crippen molar-refractivity contribution in [3.8, 4) is 5.69 Å². The minimum atomic E-state index is 0. The molecule has 2 heterocycles. The smallest absolute Gasteiger partial charge is 0.191 e. The number of benzene rings is 1. The van der Waals surface area contributed by atoms with Crippen molar-refractivity contribution in [1.82, 2.24) is 35.2 Å². The summed E-state index contributed by atoms with van der Waals surface area (Å²) < 4.78 is 3.96. The number of hydrogen-bond acceptors (Lipinski definition) is 4. The highest BCUT2D eigenvalue weighted by Gasteiger charge is 2.03. The zero-order valence-corrected chi connectivity index (χ0v) is 19.3. The van der Waals surface area contributed by atoms with Gasteiger partial charge in [0.1, 0.15) is 12.2 Å². The van der Waals surface area contributed by atoms with Crippen LogP contribution >= 0.6 is 24.0 Å². The first-order valence-electron chi connectivity index (χ1n) is 9.78. The highest BCUT2D eigenvalue weighted by atomic mass is 127. The highest BCUT2D eigenvalue weighted by Crippen LogP contribution is 2.08. The summed E-state index contributed by atoms with van der Waals surface area (Å²) in [5, 5.41) is 19.2.